The molecule has 2 nitrogen and oxygen atoms in total. The van der Waals surface area contributed by atoms with Crippen LogP contribution in [0.4, 0.5) is 0 Å². The minimum Gasteiger partial charge on any atom is -0.328 e. The zero-order valence-electron chi connectivity index (χ0n) is 10.6. The Morgan fingerprint density at radius 1 is 0.929 bits per heavy atom. The van der Waals surface area contributed by atoms with Crippen LogP contribution >= 0.6 is 0 Å². The molecule has 0 aromatic carbocycles. The van der Waals surface area contributed by atoms with Crippen LogP contribution in [0.25, 0.3) is 0 Å². The van der Waals surface area contributed by atoms with Crippen LogP contribution in [-0.4, -0.2) is 30.6 Å². The summed E-state index contributed by atoms with van der Waals surface area (Å²) in [6.45, 7) is 14.7. The van der Waals surface area contributed by atoms with Crippen molar-refractivity contribution in [1.29, 1.82) is 0 Å². The summed E-state index contributed by atoms with van der Waals surface area (Å²) in [5.41, 5.74) is 5.78. The summed E-state index contributed by atoms with van der Waals surface area (Å²) in [5, 5.41) is 0. The molecule has 0 saturated carbocycles. The van der Waals surface area contributed by atoms with Gasteiger partial charge in [0.2, 0.25) is 0 Å². The van der Waals surface area contributed by atoms with Crippen LogP contribution in [0, 0.1) is 11.8 Å². The van der Waals surface area contributed by atoms with Gasteiger partial charge in [-0.05, 0) is 31.7 Å². The molecule has 0 aromatic heterocycles. The first kappa shape index (κ1) is 13.9. The minimum atomic E-state index is 0.330. The van der Waals surface area contributed by atoms with Crippen molar-refractivity contribution in [2.45, 2.75) is 47.1 Å². The van der Waals surface area contributed by atoms with Gasteiger partial charge in [0.1, 0.15) is 0 Å². The Morgan fingerprint density at radius 3 is 1.64 bits per heavy atom. The predicted octanol–water partition coefficient (Wildman–Crippen LogP) is 2.34. The maximum absolute atomic E-state index is 5.78. The number of nitrogens with zero attached hydrogens (tertiary/aromatic N) is 1. The Balaban J connectivity index is 3.84. The van der Waals surface area contributed by atoms with E-state index in [-0.39, 0.29) is 0 Å². The molecule has 0 aromatic rings. The van der Waals surface area contributed by atoms with Crippen molar-refractivity contribution < 1.29 is 0 Å². The smallest absolute Gasteiger partial charge is 0.00226 e. The molecule has 0 aliphatic heterocycles. The van der Waals surface area contributed by atoms with E-state index in [1.165, 1.54) is 13.1 Å². The largest absolute Gasteiger partial charge is 0.328 e. The number of hydrogen-bond acceptors (Lipinski definition) is 2. The van der Waals surface area contributed by atoms with Crippen LogP contribution < -0.4 is 5.73 Å². The Kier molecular flexibility index (Phi) is 7.20. The molecule has 0 rings (SSSR count). The molecule has 1 unspecified atom stereocenters. The van der Waals surface area contributed by atoms with Crippen molar-refractivity contribution in [3.63, 3.8) is 0 Å². The van der Waals surface area contributed by atoms with Gasteiger partial charge in [-0.25, -0.2) is 0 Å². The summed E-state index contributed by atoms with van der Waals surface area (Å²) in [7, 11) is 0. The van der Waals surface area contributed by atoms with E-state index in [2.05, 4.69) is 39.5 Å². The molecule has 0 aliphatic carbocycles. The second-order valence-corrected chi connectivity index (χ2v) is 5.31. The second-order valence-electron chi connectivity index (χ2n) is 5.31. The van der Waals surface area contributed by atoms with Gasteiger partial charge in [0.25, 0.3) is 0 Å². The highest BCUT2D eigenvalue weighted by atomic mass is 15.1. The van der Waals surface area contributed by atoms with Gasteiger partial charge < -0.3 is 10.6 Å². The van der Waals surface area contributed by atoms with Crippen molar-refractivity contribution in [1.82, 2.24) is 4.90 Å². The molecule has 2 N–H and O–H groups in total. The minimum absolute atomic E-state index is 0.330. The van der Waals surface area contributed by atoms with Crippen LogP contribution in [0.2, 0.25) is 0 Å². The van der Waals surface area contributed by atoms with E-state index in [0.29, 0.717) is 6.04 Å². The molecule has 0 bridgehead atoms. The zero-order valence-corrected chi connectivity index (χ0v) is 10.6. The van der Waals surface area contributed by atoms with E-state index >= 15 is 0 Å². The van der Waals surface area contributed by atoms with Gasteiger partial charge in [-0.2, -0.15) is 0 Å². The molecule has 86 valence electrons. The fraction of sp³-hybridized carbons (Fsp3) is 1.00. The van der Waals surface area contributed by atoms with Crippen LogP contribution in [0.15, 0.2) is 0 Å². The third-order valence-electron chi connectivity index (χ3n) is 2.15. The van der Waals surface area contributed by atoms with E-state index in [4.69, 9.17) is 5.73 Å². The van der Waals surface area contributed by atoms with E-state index in [1.54, 1.807) is 0 Å². The molecule has 0 saturated heterocycles. The Bertz CT molecular complexity index is 120. The van der Waals surface area contributed by atoms with Crippen LogP contribution in [0.1, 0.15) is 41.0 Å². The summed E-state index contributed by atoms with van der Waals surface area (Å²) in [6, 6.07) is 0.330. The van der Waals surface area contributed by atoms with Crippen molar-refractivity contribution >= 4 is 0 Å². The lowest BCUT2D eigenvalue weighted by molar-refractivity contribution is 0.213. The molecule has 0 aliphatic rings. The fourth-order valence-corrected chi connectivity index (χ4v) is 1.68. The lowest BCUT2D eigenvalue weighted by Gasteiger charge is -2.26. The number of rotatable bonds is 7. The van der Waals surface area contributed by atoms with Crippen molar-refractivity contribution in [2.75, 3.05) is 19.6 Å². The molecule has 0 fully saturated rings. The summed E-state index contributed by atoms with van der Waals surface area (Å²) in [4.78, 5) is 2.54. The number of hydrogen-bond donors (Lipinski definition) is 1. The predicted molar refractivity (Wildman–Crippen MR) is 64.4 cm³/mol. The first-order valence-corrected chi connectivity index (χ1v) is 5.89. The summed E-state index contributed by atoms with van der Waals surface area (Å²) in [6.07, 6.45) is 1.11. The van der Waals surface area contributed by atoms with Gasteiger partial charge in [0.05, 0.1) is 0 Å². The van der Waals surface area contributed by atoms with Gasteiger partial charge >= 0.3 is 0 Å². The monoisotopic (exact) mass is 200 g/mol. The zero-order chi connectivity index (χ0) is 11.1. The van der Waals surface area contributed by atoms with E-state index in [1.807, 2.05) is 0 Å². The van der Waals surface area contributed by atoms with Crippen molar-refractivity contribution in [3.8, 4) is 0 Å². The third-order valence-corrected chi connectivity index (χ3v) is 2.15. The molecule has 2 heteroatoms. The lowest BCUT2D eigenvalue weighted by Crippen LogP contribution is -2.34. The molecule has 0 spiro atoms. The fourth-order valence-electron chi connectivity index (χ4n) is 1.68. The first-order chi connectivity index (χ1) is 6.41. The average Bonchev–Trinajstić information content (AvgIpc) is 1.97. The van der Waals surface area contributed by atoms with Crippen molar-refractivity contribution in [3.05, 3.63) is 0 Å². The van der Waals surface area contributed by atoms with Gasteiger partial charge in [-0.15, -0.1) is 0 Å². The highest BCUT2D eigenvalue weighted by molar-refractivity contribution is 4.65. The van der Waals surface area contributed by atoms with E-state index in [9.17, 15) is 0 Å². The topological polar surface area (TPSA) is 29.3 Å². The maximum atomic E-state index is 5.78. The first-order valence-electron chi connectivity index (χ1n) is 5.89. The molecular formula is C12H28N2. The molecule has 14 heavy (non-hydrogen) atoms. The van der Waals surface area contributed by atoms with Crippen LogP contribution in [-0.2, 0) is 0 Å². The second kappa shape index (κ2) is 7.24. The number of nitrogens with two attached hydrogens (primary N) is 1. The third kappa shape index (κ3) is 8.52. The van der Waals surface area contributed by atoms with Gasteiger partial charge in [-0.3, -0.25) is 0 Å². The van der Waals surface area contributed by atoms with Crippen LogP contribution in [0.5, 0.6) is 0 Å². The van der Waals surface area contributed by atoms with Gasteiger partial charge in [0.15, 0.2) is 0 Å². The Labute approximate surface area is 89.9 Å². The normalized spacial score (nSPS) is 14.4. The lowest BCUT2D eigenvalue weighted by atomic mass is 10.1. The molecule has 1 atom stereocenters. The van der Waals surface area contributed by atoms with E-state index < -0.39 is 0 Å². The molecular weight excluding hydrogens is 172 g/mol. The summed E-state index contributed by atoms with van der Waals surface area (Å²) >= 11 is 0. The molecule has 0 amide bonds. The van der Waals surface area contributed by atoms with Gasteiger partial charge in [-0.1, -0.05) is 27.7 Å². The van der Waals surface area contributed by atoms with Crippen LogP contribution in [0.3, 0.4) is 0 Å². The van der Waals surface area contributed by atoms with E-state index in [0.717, 1.165) is 24.8 Å². The SMILES string of the molecule is CC(C)CN(CCC(C)N)CC(C)C. The summed E-state index contributed by atoms with van der Waals surface area (Å²) < 4.78 is 0. The highest BCUT2D eigenvalue weighted by Crippen LogP contribution is 2.05. The van der Waals surface area contributed by atoms with Crippen molar-refractivity contribution in [2.24, 2.45) is 17.6 Å². The Hall–Kier alpha value is -0.0800. The Morgan fingerprint density at radius 2 is 1.36 bits per heavy atom. The maximum Gasteiger partial charge on any atom is 0.00226 e. The quantitative estimate of drug-likeness (QED) is 0.683. The molecule has 0 radical (unpaired) electrons. The molecule has 0 heterocycles. The standard InChI is InChI=1S/C12H28N2/c1-10(2)8-14(9-11(3)4)7-6-12(5)13/h10-12H,6-9,13H2,1-5H3. The summed E-state index contributed by atoms with van der Waals surface area (Å²) in [5.74, 6) is 1.50. The highest BCUT2D eigenvalue weighted by Gasteiger charge is 2.09. The average molecular weight is 200 g/mol. The van der Waals surface area contributed by atoms with Gasteiger partial charge in [0, 0.05) is 19.1 Å².